The van der Waals surface area contributed by atoms with Crippen LogP contribution in [0.25, 0.3) is 5.57 Å². The Labute approximate surface area is 293 Å². The van der Waals surface area contributed by atoms with E-state index in [1.807, 2.05) is 48.6 Å². The third-order valence-corrected chi connectivity index (χ3v) is 8.72. The van der Waals surface area contributed by atoms with Gasteiger partial charge in [-0.25, -0.2) is 4.58 Å². The Morgan fingerprint density at radius 3 is 1.88 bits per heavy atom. The van der Waals surface area contributed by atoms with Crippen LogP contribution in [0.15, 0.2) is 124 Å². The number of non-ortho nitro benzene ring substituents is 1. The Kier molecular flexibility index (Phi) is 12.2. The van der Waals surface area contributed by atoms with Gasteiger partial charge < -0.3 is 14.7 Å². The number of unbranched alkanes of at least 4 members (excludes halogenated alkanes) is 2. The SMILES string of the molecule is CCCC[N+](CCCC)=C1C=CC(=C2C(=O)C(c3ccc(N(CC)CCOc4ccc(N=Nc5ccc([N+](=O)[O-])cc5)cc4)cc3)=C2O)C=C1. The summed E-state index contributed by atoms with van der Waals surface area (Å²) in [4.78, 5) is 25.8. The van der Waals surface area contributed by atoms with E-state index < -0.39 is 4.92 Å². The molecule has 5 rings (SSSR count). The number of hydrogen-bond acceptors (Lipinski definition) is 8. The third-order valence-electron chi connectivity index (χ3n) is 8.72. The first-order chi connectivity index (χ1) is 24.3. The van der Waals surface area contributed by atoms with Crippen molar-refractivity contribution in [2.75, 3.05) is 37.7 Å². The van der Waals surface area contributed by atoms with Gasteiger partial charge in [0, 0.05) is 49.4 Å². The number of carbonyl (C=O) groups excluding carboxylic acids is 1. The van der Waals surface area contributed by atoms with Crippen molar-refractivity contribution in [2.24, 2.45) is 10.2 Å². The van der Waals surface area contributed by atoms with Crippen LogP contribution in [0.1, 0.15) is 52.0 Å². The number of aliphatic hydroxyl groups excluding tert-OH is 1. The van der Waals surface area contributed by atoms with Crippen LogP contribution in [0, 0.1) is 10.1 Å². The summed E-state index contributed by atoms with van der Waals surface area (Å²) in [5.74, 6) is 0.601. The molecule has 0 amide bonds. The summed E-state index contributed by atoms with van der Waals surface area (Å²) in [6.07, 6.45) is 12.5. The van der Waals surface area contributed by atoms with Crippen molar-refractivity contribution < 1.29 is 24.1 Å². The molecule has 258 valence electrons. The lowest BCUT2D eigenvalue weighted by molar-refractivity contribution is -0.527. The summed E-state index contributed by atoms with van der Waals surface area (Å²) in [6, 6.07) is 20.8. The molecule has 0 bridgehead atoms. The van der Waals surface area contributed by atoms with Gasteiger partial charge in [-0.1, -0.05) is 38.8 Å². The zero-order valence-electron chi connectivity index (χ0n) is 28.9. The zero-order chi connectivity index (χ0) is 35.5. The van der Waals surface area contributed by atoms with Gasteiger partial charge in [0.05, 0.1) is 34.0 Å². The third kappa shape index (κ3) is 8.68. The van der Waals surface area contributed by atoms with Gasteiger partial charge in [-0.2, -0.15) is 10.2 Å². The molecule has 3 aromatic carbocycles. The molecule has 10 heteroatoms. The van der Waals surface area contributed by atoms with E-state index in [0.717, 1.165) is 62.3 Å². The van der Waals surface area contributed by atoms with Crippen LogP contribution in [-0.4, -0.2) is 58.9 Å². The molecule has 10 nitrogen and oxygen atoms in total. The first-order valence-electron chi connectivity index (χ1n) is 17.3. The van der Waals surface area contributed by atoms with Gasteiger partial charge in [-0.15, -0.1) is 0 Å². The van der Waals surface area contributed by atoms with Crippen LogP contribution >= 0.6 is 0 Å². The van der Waals surface area contributed by atoms with Gasteiger partial charge in [0.1, 0.15) is 31.2 Å². The van der Waals surface area contributed by atoms with Crippen LogP contribution in [0.5, 0.6) is 5.75 Å². The first-order valence-corrected chi connectivity index (χ1v) is 17.3. The van der Waals surface area contributed by atoms with Crippen LogP contribution in [-0.2, 0) is 4.79 Å². The number of hydrogen-bond donors (Lipinski definition) is 1. The number of anilines is 1. The molecule has 0 spiro atoms. The summed E-state index contributed by atoms with van der Waals surface area (Å²) in [6.45, 7) is 10.4. The van der Waals surface area contributed by atoms with Crippen molar-refractivity contribution >= 4 is 39.8 Å². The predicted molar refractivity (Wildman–Crippen MR) is 198 cm³/mol. The maximum absolute atomic E-state index is 13.3. The molecule has 0 heterocycles. The molecular formula is C40H44N5O5+. The largest absolute Gasteiger partial charge is 0.506 e. The lowest BCUT2D eigenvalue weighted by Gasteiger charge is -2.25. The maximum atomic E-state index is 13.3. The highest BCUT2D eigenvalue weighted by Crippen LogP contribution is 2.39. The number of likely N-dealkylation sites (N-methyl/N-ethyl adjacent to an activating group) is 1. The zero-order valence-corrected chi connectivity index (χ0v) is 28.9. The van der Waals surface area contributed by atoms with Gasteiger partial charge in [0.2, 0.25) is 5.78 Å². The molecule has 0 aliphatic heterocycles. The smallest absolute Gasteiger partial charge is 0.269 e. The predicted octanol–water partition coefficient (Wildman–Crippen LogP) is 9.24. The standard InChI is InChI=1S/C40H43N5O5/c1-4-7-25-44(26-8-5-2)34-19-11-30(12-20-34)38-39(46)37(40(38)47)29-9-17-33(18-10-29)43(6-3)27-28-50-36-23-15-32(16-24-36)42-41-31-13-21-35(22-14-31)45(48)49/h9-24H,4-8,25-28H2,1-3H3/p+1. The summed E-state index contributed by atoms with van der Waals surface area (Å²) in [7, 11) is 0. The van der Waals surface area contributed by atoms with Gasteiger partial charge in [0.25, 0.3) is 5.69 Å². The Hall–Kier alpha value is -5.64. The van der Waals surface area contributed by atoms with Crippen molar-refractivity contribution in [2.45, 2.75) is 46.5 Å². The molecule has 0 aromatic heterocycles. The van der Waals surface area contributed by atoms with Crippen molar-refractivity contribution in [3.05, 3.63) is 130 Å². The highest BCUT2D eigenvalue weighted by atomic mass is 16.6. The number of allylic oxidation sites excluding steroid dienone is 7. The van der Waals surface area contributed by atoms with Gasteiger partial charge in [0.15, 0.2) is 5.71 Å². The maximum Gasteiger partial charge on any atom is 0.269 e. The van der Waals surface area contributed by atoms with Crippen LogP contribution in [0.3, 0.4) is 0 Å². The van der Waals surface area contributed by atoms with Crippen molar-refractivity contribution in [3.63, 3.8) is 0 Å². The van der Waals surface area contributed by atoms with Crippen molar-refractivity contribution in [3.8, 4) is 5.75 Å². The number of aliphatic hydroxyl groups is 1. The molecule has 0 saturated heterocycles. The Bertz CT molecular complexity index is 1840. The van der Waals surface area contributed by atoms with E-state index in [9.17, 15) is 20.0 Å². The molecule has 0 unspecified atom stereocenters. The number of benzene rings is 3. The monoisotopic (exact) mass is 674 g/mol. The minimum Gasteiger partial charge on any atom is -0.506 e. The number of azo groups is 1. The number of nitro benzene ring substituents is 1. The second kappa shape index (κ2) is 17.1. The van der Waals surface area contributed by atoms with Crippen molar-refractivity contribution in [1.29, 1.82) is 0 Å². The van der Waals surface area contributed by atoms with Gasteiger partial charge in [-0.05, 0) is 78.7 Å². The number of rotatable bonds is 16. The number of nitro groups is 1. The second-order valence-electron chi connectivity index (χ2n) is 12.1. The van der Waals surface area contributed by atoms with Crippen LogP contribution < -0.4 is 9.64 Å². The van der Waals surface area contributed by atoms with E-state index in [4.69, 9.17) is 4.74 Å². The van der Waals surface area contributed by atoms with E-state index >= 15 is 0 Å². The van der Waals surface area contributed by atoms with E-state index in [1.54, 1.807) is 24.3 Å². The Morgan fingerprint density at radius 2 is 1.36 bits per heavy atom. The summed E-state index contributed by atoms with van der Waals surface area (Å²) in [5, 5.41) is 30.1. The highest BCUT2D eigenvalue weighted by molar-refractivity contribution is 6.39. The Morgan fingerprint density at radius 1 is 0.780 bits per heavy atom. The second-order valence-corrected chi connectivity index (χ2v) is 12.1. The first kappa shape index (κ1) is 35.7. The van der Waals surface area contributed by atoms with Crippen LogP contribution in [0.2, 0.25) is 0 Å². The molecule has 50 heavy (non-hydrogen) atoms. The average Bonchev–Trinajstić information content (AvgIpc) is 3.14. The number of ether oxygens (including phenoxy) is 1. The molecule has 2 aliphatic carbocycles. The highest BCUT2D eigenvalue weighted by Gasteiger charge is 2.36. The van der Waals surface area contributed by atoms with Crippen LogP contribution in [0.4, 0.5) is 22.7 Å². The fraction of sp³-hybridized carbons (Fsp3) is 0.300. The quantitative estimate of drug-likeness (QED) is 0.0532. The van der Waals surface area contributed by atoms with E-state index in [1.165, 1.54) is 12.1 Å². The number of ketones is 1. The number of Topliss-reactive ketones (excluding diaryl/α,β-unsaturated/α-hetero) is 1. The summed E-state index contributed by atoms with van der Waals surface area (Å²) < 4.78 is 8.37. The minimum atomic E-state index is -0.455. The van der Waals surface area contributed by atoms with E-state index in [0.29, 0.717) is 47.0 Å². The molecule has 0 fully saturated rings. The molecule has 3 aromatic rings. The Balaban J connectivity index is 1.16. The lowest BCUT2D eigenvalue weighted by atomic mass is 9.80. The van der Waals surface area contributed by atoms with Gasteiger partial charge >= 0.3 is 0 Å². The number of nitrogens with zero attached hydrogens (tertiary/aromatic N) is 5. The lowest BCUT2D eigenvalue weighted by Crippen LogP contribution is -2.28. The summed E-state index contributed by atoms with van der Waals surface area (Å²) >= 11 is 0. The molecule has 1 N–H and O–H groups in total. The molecule has 0 radical (unpaired) electrons. The fourth-order valence-electron chi connectivity index (χ4n) is 5.79. The van der Waals surface area contributed by atoms with Crippen molar-refractivity contribution in [1.82, 2.24) is 0 Å². The molecule has 0 saturated carbocycles. The van der Waals surface area contributed by atoms with Gasteiger partial charge in [-0.3, -0.25) is 14.9 Å². The minimum absolute atomic E-state index is 0.00392. The topological polar surface area (TPSA) is 121 Å². The average molecular weight is 675 g/mol. The summed E-state index contributed by atoms with van der Waals surface area (Å²) in [5.41, 5.74) is 5.45. The molecular weight excluding hydrogens is 630 g/mol. The molecule has 2 aliphatic rings. The normalized spacial score (nSPS) is 14.1. The van der Waals surface area contributed by atoms with E-state index in [-0.39, 0.29) is 17.2 Å². The fourth-order valence-corrected chi connectivity index (χ4v) is 5.79. The molecule has 0 atom stereocenters. The van der Waals surface area contributed by atoms with E-state index in [2.05, 4.69) is 52.6 Å². The number of carbonyl (C=O) groups is 1.